The van der Waals surface area contributed by atoms with Crippen molar-refractivity contribution in [2.45, 2.75) is 31.8 Å². The Morgan fingerprint density at radius 3 is 2.45 bits per heavy atom. The van der Waals surface area contributed by atoms with Crippen LogP contribution in [-0.4, -0.2) is 50.6 Å². The number of anilines is 1. The molecule has 1 unspecified atom stereocenters. The lowest BCUT2D eigenvalue weighted by Gasteiger charge is -2.27. The SMILES string of the molecule is COc1ccc(OC)c(CN(C(=O)C2CC(=O)N(c3ccccc3OC)C2)C2CC2)c1. The van der Waals surface area contributed by atoms with Gasteiger partial charge in [0.05, 0.1) is 32.9 Å². The summed E-state index contributed by atoms with van der Waals surface area (Å²) in [6.45, 7) is 0.791. The first-order valence-corrected chi connectivity index (χ1v) is 10.5. The number of methoxy groups -OCH3 is 3. The van der Waals surface area contributed by atoms with Crippen LogP contribution in [0, 0.1) is 5.92 Å². The Morgan fingerprint density at radius 1 is 1.03 bits per heavy atom. The third kappa shape index (κ3) is 4.31. The number of rotatable bonds is 8. The Bertz CT molecular complexity index is 972. The fraction of sp³-hybridized carbons (Fsp3) is 0.417. The van der Waals surface area contributed by atoms with Gasteiger partial charge in [-0.3, -0.25) is 9.59 Å². The summed E-state index contributed by atoms with van der Waals surface area (Å²) in [6.07, 6.45) is 2.17. The van der Waals surface area contributed by atoms with Crippen molar-refractivity contribution in [1.82, 2.24) is 4.90 Å². The van der Waals surface area contributed by atoms with Crippen molar-refractivity contribution in [3.05, 3.63) is 48.0 Å². The quantitative estimate of drug-likeness (QED) is 0.651. The Morgan fingerprint density at radius 2 is 1.77 bits per heavy atom. The largest absolute Gasteiger partial charge is 0.497 e. The molecule has 1 aliphatic heterocycles. The lowest BCUT2D eigenvalue weighted by molar-refractivity contribution is -0.137. The number of hydrogen-bond donors (Lipinski definition) is 0. The highest BCUT2D eigenvalue weighted by Crippen LogP contribution is 2.37. The molecule has 31 heavy (non-hydrogen) atoms. The minimum Gasteiger partial charge on any atom is -0.497 e. The number of nitrogens with zero attached hydrogens (tertiary/aromatic N) is 2. The molecule has 0 spiro atoms. The minimum atomic E-state index is -0.380. The maximum absolute atomic E-state index is 13.5. The van der Waals surface area contributed by atoms with Gasteiger partial charge < -0.3 is 24.0 Å². The van der Waals surface area contributed by atoms with Crippen molar-refractivity contribution in [2.24, 2.45) is 5.92 Å². The zero-order chi connectivity index (χ0) is 22.0. The van der Waals surface area contributed by atoms with E-state index in [1.165, 1.54) is 0 Å². The first kappa shape index (κ1) is 21.0. The summed E-state index contributed by atoms with van der Waals surface area (Å²) in [6, 6.07) is 13.2. The van der Waals surface area contributed by atoms with Crippen molar-refractivity contribution in [2.75, 3.05) is 32.8 Å². The first-order valence-electron chi connectivity index (χ1n) is 10.5. The van der Waals surface area contributed by atoms with E-state index >= 15 is 0 Å². The van der Waals surface area contributed by atoms with Crippen LogP contribution >= 0.6 is 0 Å². The van der Waals surface area contributed by atoms with Gasteiger partial charge in [-0.2, -0.15) is 0 Å². The fourth-order valence-electron chi connectivity index (χ4n) is 4.16. The summed E-state index contributed by atoms with van der Waals surface area (Å²) in [5.74, 6) is 1.64. The molecule has 2 aromatic rings. The molecule has 1 saturated carbocycles. The molecule has 0 radical (unpaired) electrons. The molecule has 2 aliphatic rings. The monoisotopic (exact) mass is 424 g/mol. The van der Waals surface area contributed by atoms with Gasteiger partial charge in [0.15, 0.2) is 0 Å². The molecule has 1 saturated heterocycles. The van der Waals surface area contributed by atoms with E-state index < -0.39 is 0 Å². The number of carbonyl (C=O) groups excluding carboxylic acids is 2. The first-order chi connectivity index (χ1) is 15.0. The number of carbonyl (C=O) groups is 2. The summed E-state index contributed by atoms with van der Waals surface area (Å²) in [5, 5.41) is 0. The van der Waals surface area contributed by atoms with E-state index in [-0.39, 0.29) is 30.2 Å². The molecule has 1 atom stereocenters. The van der Waals surface area contributed by atoms with Gasteiger partial charge in [0.25, 0.3) is 0 Å². The van der Waals surface area contributed by atoms with Gasteiger partial charge >= 0.3 is 0 Å². The van der Waals surface area contributed by atoms with E-state index in [9.17, 15) is 9.59 Å². The Kier molecular flexibility index (Phi) is 6.02. The molecule has 0 N–H and O–H groups in total. The number of para-hydroxylation sites is 2. The van der Waals surface area contributed by atoms with Crippen LogP contribution < -0.4 is 19.1 Å². The van der Waals surface area contributed by atoms with Gasteiger partial charge in [0, 0.05) is 31.1 Å². The molecule has 1 heterocycles. The van der Waals surface area contributed by atoms with Crippen molar-refractivity contribution in [3.63, 3.8) is 0 Å². The van der Waals surface area contributed by atoms with Crippen LogP contribution in [0.1, 0.15) is 24.8 Å². The van der Waals surface area contributed by atoms with Crippen LogP contribution in [0.2, 0.25) is 0 Å². The number of ether oxygens (including phenoxy) is 3. The highest BCUT2D eigenvalue weighted by atomic mass is 16.5. The average Bonchev–Trinajstić information content (AvgIpc) is 3.57. The zero-order valence-corrected chi connectivity index (χ0v) is 18.2. The van der Waals surface area contributed by atoms with Crippen LogP contribution in [0.3, 0.4) is 0 Å². The Balaban J connectivity index is 1.54. The molecule has 7 heteroatoms. The third-order valence-corrected chi connectivity index (χ3v) is 5.95. The number of amides is 2. The molecular formula is C24H28N2O5. The van der Waals surface area contributed by atoms with E-state index in [1.54, 1.807) is 26.2 Å². The van der Waals surface area contributed by atoms with E-state index in [0.717, 1.165) is 29.9 Å². The Labute approximate surface area is 182 Å². The maximum atomic E-state index is 13.5. The molecule has 1 aliphatic carbocycles. The average molecular weight is 424 g/mol. The lowest BCUT2D eigenvalue weighted by Crippen LogP contribution is -2.38. The van der Waals surface area contributed by atoms with Crippen LogP contribution in [0.4, 0.5) is 5.69 Å². The maximum Gasteiger partial charge on any atom is 0.228 e. The summed E-state index contributed by atoms with van der Waals surface area (Å²) < 4.78 is 16.3. The second-order valence-corrected chi connectivity index (χ2v) is 7.95. The van der Waals surface area contributed by atoms with Crippen LogP contribution in [0.5, 0.6) is 17.2 Å². The Hall–Kier alpha value is -3.22. The van der Waals surface area contributed by atoms with Gasteiger partial charge in [-0.25, -0.2) is 0 Å². The molecule has 2 aromatic carbocycles. The highest BCUT2D eigenvalue weighted by Gasteiger charge is 2.42. The van der Waals surface area contributed by atoms with Crippen molar-refractivity contribution in [3.8, 4) is 17.2 Å². The van der Waals surface area contributed by atoms with Crippen LogP contribution in [-0.2, 0) is 16.1 Å². The lowest BCUT2D eigenvalue weighted by atomic mass is 10.1. The normalized spacial score (nSPS) is 18.1. The molecular weight excluding hydrogens is 396 g/mol. The number of hydrogen-bond acceptors (Lipinski definition) is 5. The molecule has 0 bridgehead atoms. The van der Waals surface area contributed by atoms with Crippen LogP contribution in [0.25, 0.3) is 0 Å². The summed E-state index contributed by atoms with van der Waals surface area (Å²) in [7, 11) is 4.82. The predicted molar refractivity (Wildman–Crippen MR) is 117 cm³/mol. The molecule has 7 nitrogen and oxygen atoms in total. The predicted octanol–water partition coefficient (Wildman–Crippen LogP) is 3.26. The topological polar surface area (TPSA) is 68.3 Å². The molecule has 164 valence electrons. The van der Waals surface area contributed by atoms with Gasteiger partial charge in [-0.05, 0) is 43.2 Å². The minimum absolute atomic E-state index is 0.0121. The summed E-state index contributed by atoms with van der Waals surface area (Å²) >= 11 is 0. The van der Waals surface area contributed by atoms with Crippen molar-refractivity contribution >= 4 is 17.5 Å². The zero-order valence-electron chi connectivity index (χ0n) is 18.2. The smallest absolute Gasteiger partial charge is 0.228 e. The molecule has 0 aromatic heterocycles. The van der Waals surface area contributed by atoms with Gasteiger partial charge in [0.1, 0.15) is 17.2 Å². The second kappa shape index (κ2) is 8.88. The number of benzene rings is 2. The van der Waals surface area contributed by atoms with Gasteiger partial charge in [-0.15, -0.1) is 0 Å². The van der Waals surface area contributed by atoms with E-state index in [2.05, 4.69) is 0 Å². The second-order valence-electron chi connectivity index (χ2n) is 7.95. The molecule has 4 rings (SSSR count). The van der Waals surface area contributed by atoms with Gasteiger partial charge in [0.2, 0.25) is 11.8 Å². The summed E-state index contributed by atoms with van der Waals surface area (Å²) in [4.78, 5) is 29.8. The van der Waals surface area contributed by atoms with Crippen molar-refractivity contribution < 1.29 is 23.8 Å². The summed E-state index contributed by atoms with van der Waals surface area (Å²) in [5.41, 5.74) is 1.60. The molecule has 2 amide bonds. The fourth-order valence-corrected chi connectivity index (χ4v) is 4.16. The van der Waals surface area contributed by atoms with E-state index in [1.807, 2.05) is 47.4 Å². The standard InChI is InChI=1S/C24H28N2O5/c1-29-19-10-11-21(30-2)16(12-19)14-25(18-8-9-18)24(28)17-13-23(27)26(15-17)20-6-4-5-7-22(20)31-3/h4-7,10-12,17-18H,8-9,13-15H2,1-3H3. The van der Waals surface area contributed by atoms with Gasteiger partial charge in [-0.1, -0.05) is 12.1 Å². The van der Waals surface area contributed by atoms with E-state index in [0.29, 0.717) is 24.5 Å². The van der Waals surface area contributed by atoms with Crippen LogP contribution in [0.15, 0.2) is 42.5 Å². The molecule has 2 fully saturated rings. The highest BCUT2D eigenvalue weighted by molar-refractivity contribution is 6.01. The third-order valence-electron chi connectivity index (χ3n) is 5.95. The van der Waals surface area contributed by atoms with E-state index in [4.69, 9.17) is 14.2 Å². The van der Waals surface area contributed by atoms with Crippen molar-refractivity contribution in [1.29, 1.82) is 0 Å².